The van der Waals surface area contributed by atoms with E-state index >= 15 is 0 Å². The Bertz CT molecular complexity index is 1340. The second kappa shape index (κ2) is 9.67. The van der Waals surface area contributed by atoms with Gasteiger partial charge in [0, 0.05) is 13.5 Å². The minimum absolute atomic E-state index is 0.0362. The Hall–Kier alpha value is -2.31. The van der Waals surface area contributed by atoms with Crippen LogP contribution in [0, 0.1) is 0 Å². The predicted octanol–water partition coefficient (Wildman–Crippen LogP) is 4.29. The summed E-state index contributed by atoms with van der Waals surface area (Å²) in [5.41, 5.74) is 0.526. The third-order valence-electron chi connectivity index (χ3n) is 4.08. The number of hydrogen-bond donors (Lipinski definition) is 3. The zero-order valence-corrected chi connectivity index (χ0v) is 20.4. The van der Waals surface area contributed by atoms with Gasteiger partial charge in [0.15, 0.2) is 0 Å². The summed E-state index contributed by atoms with van der Waals surface area (Å²) in [6.07, 6.45) is 0. The van der Waals surface area contributed by atoms with Gasteiger partial charge in [-0.05, 0) is 41.3 Å². The van der Waals surface area contributed by atoms with Crippen LogP contribution in [-0.4, -0.2) is 22.7 Å². The number of thiophene rings is 1. The minimum atomic E-state index is -4.09. The fourth-order valence-corrected chi connectivity index (χ4v) is 6.01. The van der Waals surface area contributed by atoms with Crippen LogP contribution in [0.1, 0.15) is 12.5 Å². The second-order valence-corrected chi connectivity index (χ2v) is 11.9. The second-order valence-electron chi connectivity index (χ2n) is 6.51. The van der Waals surface area contributed by atoms with Crippen LogP contribution in [-0.2, 0) is 31.4 Å². The van der Waals surface area contributed by atoms with E-state index in [1.54, 1.807) is 23.6 Å². The average molecular weight is 534 g/mol. The van der Waals surface area contributed by atoms with Gasteiger partial charge in [-0.15, -0.1) is 11.3 Å². The zero-order chi connectivity index (χ0) is 23.5. The van der Waals surface area contributed by atoms with Gasteiger partial charge in [0.05, 0.1) is 26.3 Å². The molecule has 1 amide bonds. The fraction of sp³-hybridized carbons (Fsp3) is 0.105. The molecule has 1 heterocycles. The summed E-state index contributed by atoms with van der Waals surface area (Å²) in [4.78, 5) is 11.0. The van der Waals surface area contributed by atoms with Crippen molar-refractivity contribution >= 4 is 71.9 Å². The maximum Gasteiger partial charge on any atom is 0.271 e. The highest BCUT2D eigenvalue weighted by Gasteiger charge is 2.22. The lowest BCUT2D eigenvalue weighted by Gasteiger charge is -2.15. The van der Waals surface area contributed by atoms with E-state index in [-0.39, 0.29) is 43.0 Å². The van der Waals surface area contributed by atoms with Gasteiger partial charge in [0.2, 0.25) is 5.91 Å². The molecule has 0 unspecified atom stereocenters. The number of rotatable bonds is 8. The fourth-order valence-electron chi connectivity index (χ4n) is 2.54. The number of anilines is 2. The molecule has 3 aromatic rings. The lowest BCUT2D eigenvalue weighted by molar-refractivity contribution is -0.119. The molecule has 0 aliphatic rings. The summed E-state index contributed by atoms with van der Waals surface area (Å²) in [5, 5.41) is 4.30. The quantitative estimate of drug-likeness (QED) is 0.398. The van der Waals surface area contributed by atoms with Gasteiger partial charge in [-0.3, -0.25) is 14.2 Å². The number of amides is 1. The van der Waals surface area contributed by atoms with Gasteiger partial charge in [-0.1, -0.05) is 41.4 Å². The Morgan fingerprint density at radius 1 is 0.906 bits per heavy atom. The van der Waals surface area contributed by atoms with E-state index in [0.717, 1.165) is 11.3 Å². The number of halogens is 2. The minimum Gasteiger partial charge on any atom is -0.352 e. The molecular formula is C19H17Cl2N3O5S3. The number of benzene rings is 2. The molecule has 0 radical (unpaired) electrons. The maximum absolute atomic E-state index is 12.9. The van der Waals surface area contributed by atoms with E-state index in [1.165, 1.54) is 37.3 Å². The van der Waals surface area contributed by atoms with Gasteiger partial charge in [0.25, 0.3) is 20.0 Å². The number of hydrogen-bond acceptors (Lipinski definition) is 6. The number of nitrogens with one attached hydrogen (secondary N) is 3. The monoisotopic (exact) mass is 533 g/mol. The molecule has 8 nitrogen and oxygen atoms in total. The van der Waals surface area contributed by atoms with Crippen molar-refractivity contribution in [2.75, 3.05) is 9.44 Å². The Kier molecular flexibility index (Phi) is 7.36. The van der Waals surface area contributed by atoms with Crippen LogP contribution in [0.5, 0.6) is 0 Å². The molecule has 32 heavy (non-hydrogen) atoms. The number of sulfonamides is 2. The molecule has 0 saturated heterocycles. The summed E-state index contributed by atoms with van der Waals surface area (Å²) < 4.78 is 55.7. The first-order chi connectivity index (χ1) is 15.0. The number of carbonyl (C=O) groups excluding carboxylic acids is 1. The van der Waals surface area contributed by atoms with Gasteiger partial charge < -0.3 is 5.32 Å². The first-order valence-corrected chi connectivity index (χ1v) is 13.5. The molecular weight excluding hydrogens is 517 g/mol. The highest BCUT2D eigenvalue weighted by molar-refractivity contribution is 7.94. The summed E-state index contributed by atoms with van der Waals surface area (Å²) in [7, 11) is -8.06. The Balaban J connectivity index is 1.90. The molecule has 3 N–H and O–H groups in total. The molecule has 0 bridgehead atoms. The van der Waals surface area contributed by atoms with Crippen molar-refractivity contribution < 1.29 is 21.6 Å². The Morgan fingerprint density at radius 2 is 1.47 bits per heavy atom. The van der Waals surface area contributed by atoms with Crippen LogP contribution in [0.2, 0.25) is 10.0 Å². The maximum atomic E-state index is 12.9. The van der Waals surface area contributed by atoms with Crippen LogP contribution in [0.25, 0.3) is 0 Å². The van der Waals surface area contributed by atoms with Crippen LogP contribution < -0.4 is 14.8 Å². The molecule has 0 saturated carbocycles. The molecule has 1 aromatic heterocycles. The van der Waals surface area contributed by atoms with Crippen molar-refractivity contribution in [2.45, 2.75) is 22.6 Å². The van der Waals surface area contributed by atoms with Gasteiger partial charge in [-0.2, -0.15) is 0 Å². The van der Waals surface area contributed by atoms with Gasteiger partial charge >= 0.3 is 0 Å². The first kappa shape index (κ1) is 24.3. The third-order valence-corrected chi connectivity index (χ3v) is 8.95. The van der Waals surface area contributed by atoms with Crippen LogP contribution >= 0.6 is 34.5 Å². The topological polar surface area (TPSA) is 121 Å². The summed E-state index contributed by atoms with van der Waals surface area (Å²) in [5.74, 6) is -0.208. The van der Waals surface area contributed by atoms with E-state index < -0.39 is 20.0 Å². The molecule has 0 aliphatic heterocycles. The molecule has 2 aromatic carbocycles. The summed E-state index contributed by atoms with van der Waals surface area (Å²) >= 11 is 13.1. The Labute approximate surface area is 199 Å². The van der Waals surface area contributed by atoms with E-state index in [1.807, 2.05) is 0 Å². The SMILES string of the molecule is CC(=O)NCc1ccc(S(=O)(=O)Nc2cc(Cl)c(Cl)cc2NS(=O)(=O)c2cccs2)cc1. The lowest BCUT2D eigenvalue weighted by Crippen LogP contribution is -2.19. The average Bonchev–Trinajstić information content (AvgIpc) is 3.26. The molecule has 0 fully saturated rings. The van der Waals surface area contributed by atoms with Crippen molar-refractivity contribution in [3.05, 3.63) is 69.5 Å². The van der Waals surface area contributed by atoms with Crippen molar-refractivity contribution in [1.29, 1.82) is 0 Å². The van der Waals surface area contributed by atoms with Crippen molar-refractivity contribution in [1.82, 2.24) is 5.32 Å². The molecule has 13 heteroatoms. The third kappa shape index (κ3) is 5.93. The van der Waals surface area contributed by atoms with E-state index in [2.05, 4.69) is 14.8 Å². The normalized spacial score (nSPS) is 11.7. The lowest BCUT2D eigenvalue weighted by atomic mass is 10.2. The largest absolute Gasteiger partial charge is 0.352 e. The van der Waals surface area contributed by atoms with Crippen molar-refractivity contribution in [2.24, 2.45) is 0 Å². The summed E-state index contributed by atoms with van der Waals surface area (Å²) in [6.45, 7) is 1.63. The van der Waals surface area contributed by atoms with Crippen molar-refractivity contribution in [3.63, 3.8) is 0 Å². The number of carbonyl (C=O) groups is 1. The predicted molar refractivity (Wildman–Crippen MR) is 126 cm³/mol. The zero-order valence-electron chi connectivity index (χ0n) is 16.4. The van der Waals surface area contributed by atoms with E-state index in [0.29, 0.717) is 5.56 Å². The highest BCUT2D eigenvalue weighted by Crippen LogP contribution is 2.35. The van der Waals surface area contributed by atoms with Crippen molar-refractivity contribution in [3.8, 4) is 0 Å². The van der Waals surface area contributed by atoms with Gasteiger partial charge in [0.1, 0.15) is 4.21 Å². The summed E-state index contributed by atoms with van der Waals surface area (Å²) in [6, 6.07) is 11.3. The Morgan fingerprint density at radius 3 is 1.97 bits per heavy atom. The first-order valence-electron chi connectivity index (χ1n) is 8.89. The molecule has 3 rings (SSSR count). The molecule has 170 valence electrons. The van der Waals surface area contributed by atoms with E-state index in [9.17, 15) is 21.6 Å². The van der Waals surface area contributed by atoms with Crippen LogP contribution in [0.3, 0.4) is 0 Å². The smallest absolute Gasteiger partial charge is 0.271 e. The van der Waals surface area contributed by atoms with Crippen LogP contribution in [0.15, 0.2) is 63.0 Å². The van der Waals surface area contributed by atoms with E-state index in [4.69, 9.17) is 23.2 Å². The van der Waals surface area contributed by atoms with Gasteiger partial charge in [-0.25, -0.2) is 16.8 Å². The molecule has 0 aliphatic carbocycles. The standard InChI is InChI=1S/C19H17Cl2N3O5S3/c1-12(25)22-11-13-4-6-14(7-5-13)31(26,27)23-17-9-15(20)16(21)10-18(17)24-32(28,29)19-3-2-8-30-19/h2-10,23-24H,11H2,1H3,(H,22,25). The molecule has 0 atom stereocenters. The highest BCUT2D eigenvalue weighted by atomic mass is 35.5. The van der Waals surface area contributed by atoms with Crippen LogP contribution in [0.4, 0.5) is 11.4 Å². The molecule has 0 spiro atoms.